The summed E-state index contributed by atoms with van der Waals surface area (Å²) in [5.41, 5.74) is 6.57. The molecule has 0 fully saturated rings. The molecule has 0 aliphatic rings. The third kappa shape index (κ3) is 1.79. The maximum atomic E-state index is 9.36. The molecule has 1 aromatic rings. The van der Waals surface area contributed by atoms with Gasteiger partial charge in [-0.2, -0.15) is 0 Å². The van der Waals surface area contributed by atoms with Crippen LogP contribution >= 0.6 is 15.9 Å². The first kappa shape index (κ1) is 9.55. The smallest absolute Gasteiger partial charge is 0.130 e. The van der Waals surface area contributed by atoms with E-state index in [-0.39, 0.29) is 11.7 Å². The summed E-state index contributed by atoms with van der Waals surface area (Å²) in [5, 5.41) is 9.36. The van der Waals surface area contributed by atoms with Crippen molar-refractivity contribution in [3.8, 4) is 5.75 Å². The first-order valence-electron chi connectivity index (χ1n) is 3.84. The largest absolute Gasteiger partial charge is 0.507 e. The Kier molecular flexibility index (Phi) is 3.12. The van der Waals surface area contributed by atoms with Gasteiger partial charge in [-0.25, -0.2) is 0 Å². The van der Waals surface area contributed by atoms with E-state index in [1.54, 1.807) is 6.07 Å². The zero-order valence-corrected chi connectivity index (χ0v) is 8.51. The van der Waals surface area contributed by atoms with E-state index in [1.807, 2.05) is 19.1 Å². The van der Waals surface area contributed by atoms with Gasteiger partial charge in [-0.05, 0) is 40.0 Å². The maximum absolute atomic E-state index is 9.36. The Morgan fingerprint density at radius 1 is 1.58 bits per heavy atom. The number of rotatable bonds is 2. The average Bonchev–Trinajstić information content (AvgIpc) is 2.08. The lowest BCUT2D eigenvalue weighted by Crippen LogP contribution is -2.09. The van der Waals surface area contributed by atoms with Crippen LogP contribution in [0.4, 0.5) is 0 Å². The number of phenolic OH excluding ortho intramolecular Hbond substituents is 1. The molecule has 1 atom stereocenters. The lowest BCUT2D eigenvalue weighted by Gasteiger charge is -2.11. The molecule has 0 heterocycles. The lowest BCUT2D eigenvalue weighted by molar-refractivity contribution is 0.470. The number of nitrogens with two attached hydrogens (primary N) is 1. The summed E-state index contributed by atoms with van der Waals surface area (Å²) in [6.07, 6.45) is 0. The van der Waals surface area contributed by atoms with Crippen molar-refractivity contribution in [2.24, 2.45) is 5.73 Å². The van der Waals surface area contributed by atoms with E-state index in [4.69, 9.17) is 5.73 Å². The molecule has 0 radical (unpaired) electrons. The van der Waals surface area contributed by atoms with Gasteiger partial charge in [0.1, 0.15) is 5.75 Å². The average molecular weight is 230 g/mol. The van der Waals surface area contributed by atoms with Crippen LogP contribution in [-0.4, -0.2) is 11.7 Å². The molecule has 0 aromatic heterocycles. The fourth-order valence-corrected chi connectivity index (χ4v) is 1.70. The van der Waals surface area contributed by atoms with Crippen molar-refractivity contribution in [2.75, 3.05) is 6.54 Å². The summed E-state index contributed by atoms with van der Waals surface area (Å²) in [4.78, 5) is 0. The van der Waals surface area contributed by atoms with E-state index in [1.165, 1.54) is 0 Å². The van der Waals surface area contributed by atoms with Gasteiger partial charge in [-0.15, -0.1) is 0 Å². The quantitative estimate of drug-likeness (QED) is 0.818. The molecular weight excluding hydrogens is 218 g/mol. The Bertz CT molecular complexity index is 275. The van der Waals surface area contributed by atoms with Crippen LogP contribution in [0.15, 0.2) is 22.7 Å². The zero-order chi connectivity index (χ0) is 9.14. The van der Waals surface area contributed by atoms with Crippen molar-refractivity contribution in [2.45, 2.75) is 12.8 Å². The molecule has 0 aliphatic carbocycles. The second-order valence-electron chi connectivity index (χ2n) is 2.82. The summed E-state index contributed by atoms with van der Waals surface area (Å²) >= 11 is 3.32. The van der Waals surface area contributed by atoms with Gasteiger partial charge < -0.3 is 10.8 Å². The molecule has 0 bridgehead atoms. The molecule has 1 aromatic carbocycles. The van der Waals surface area contributed by atoms with Gasteiger partial charge in [0.25, 0.3) is 0 Å². The van der Waals surface area contributed by atoms with Gasteiger partial charge in [0, 0.05) is 0 Å². The molecule has 0 spiro atoms. The van der Waals surface area contributed by atoms with Gasteiger partial charge in [-0.1, -0.05) is 19.1 Å². The van der Waals surface area contributed by atoms with Crippen molar-refractivity contribution in [1.29, 1.82) is 0 Å². The number of hydrogen-bond acceptors (Lipinski definition) is 2. The summed E-state index contributed by atoms with van der Waals surface area (Å²) in [6.45, 7) is 2.61. The van der Waals surface area contributed by atoms with Crippen LogP contribution in [-0.2, 0) is 0 Å². The van der Waals surface area contributed by atoms with Crippen LogP contribution in [0.3, 0.4) is 0 Å². The van der Waals surface area contributed by atoms with Gasteiger partial charge in [0.05, 0.1) is 4.47 Å². The second-order valence-corrected chi connectivity index (χ2v) is 3.61. The number of aromatic hydroxyl groups is 1. The monoisotopic (exact) mass is 229 g/mol. The van der Waals surface area contributed by atoms with Crippen molar-refractivity contribution in [3.63, 3.8) is 0 Å². The number of halogens is 1. The predicted octanol–water partition coefficient (Wildman–Crippen LogP) is 2.22. The summed E-state index contributed by atoms with van der Waals surface area (Å²) < 4.78 is 0.753. The van der Waals surface area contributed by atoms with Gasteiger partial charge in [0.2, 0.25) is 0 Å². The summed E-state index contributed by atoms with van der Waals surface area (Å²) in [7, 11) is 0. The summed E-state index contributed by atoms with van der Waals surface area (Å²) in [5.74, 6) is 0.541. The first-order chi connectivity index (χ1) is 5.66. The Morgan fingerprint density at radius 2 is 2.25 bits per heavy atom. The van der Waals surface area contributed by atoms with E-state index < -0.39 is 0 Å². The van der Waals surface area contributed by atoms with Crippen LogP contribution in [0.1, 0.15) is 18.4 Å². The molecule has 0 saturated carbocycles. The van der Waals surface area contributed by atoms with E-state index in [2.05, 4.69) is 15.9 Å². The minimum absolute atomic E-state index is 0.270. The topological polar surface area (TPSA) is 46.2 Å². The molecule has 66 valence electrons. The SMILES string of the molecule is CC(CN)c1cccc(O)c1Br. The standard InChI is InChI=1S/C9H12BrNO/c1-6(5-11)7-3-2-4-8(12)9(7)10/h2-4,6,12H,5,11H2,1H3. The number of phenols is 1. The second kappa shape index (κ2) is 3.92. The highest BCUT2D eigenvalue weighted by Crippen LogP contribution is 2.31. The predicted molar refractivity (Wildman–Crippen MR) is 53.3 cm³/mol. The number of hydrogen-bond donors (Lipinski definition) is 2. The maximum Gasteiger partial charge on any atom is 0.130 e. The molecular formula is C9H12BrNO. The highest BCUT2D eigenvalue weighted by atomic mass is 79.9. The van der Waals surface area contributed by atoms with Crippen LogP contribution < -0.4 is 5.73 Å². The molecule has 3 heteroatoms. The van der Waals surface area contributed by atoms with E-state index in [0.29, 0.717) is 6.54 Å². The molecule has 0 amide bonds. The van der Waals surface area contributed by atoms with E-state index >= 15 is 0 Å². The normalized spacial score (nSPS) is 12.9. The molecule has 1 unspecified atom stereocenters. The van der Waals surface area contributed by atoms with Crippen LogP contribution in [0, 0.1) is 0 Å². The van der Waals surface area contributed by atoms with Crippen molar-refractivity contribution in [3.05, 3.63) is 28.2 Å². The fourth-order valence-electron chi connectivity index (χ4n) is 1.04. The van der Waals surface area contributed by atoms with Gasteiger partial charge >= 0.3 is 0 Å². The Labute approximate surface area is 80.5 Å². The van der Waals surface area contributed by atoms with Crippen molar-refractivity contribution < 1.29 is 5.11 Å². The highest BCUT2D eigenvalue weighted by Gasteiger charge is 2.09. The van der Waals surface area contributed by atoms with E-state index in [9.17, 15) is 5.11 Å². The Morgan fingerprint density at radius 3 is 2.83 bits per heavy atom. The Hall–Kier alpha value is -0.540. The van der Waals surface area contributed by atoms with Crippen molar-refractivity contribution >= 4 is 15.9 Å². The molecule has 12 heavy (non-hydrogen) atoms. The van der Waals surface area contributed by atoms with Crippen LogP contribution in [0.25, 0.3) is 0 Å². The van der Waals surface area contributed by atoms with Crippen molar-refractivity contribution in [1.82, 2.24) is 0 Å². The molecule has 0 saturated heterocycles. The molecule has 3 N–H and O–H groups in total. The van der Waals surface area contributed by atoms with Crippen LogP contribution in [0.5, 0.6) is 5.75 Å². The minimum Gasteiger partial charge on any atom is -0.507 e. The van der Waals surface area contributed by atoms with E-state index in [0.717, 1.165) is 10.0 Å². The van der Waals surface area contributed by atoms with Gasteiger partial charge in [-0.3, -0.25) is 0 Å². The minimum atomic E-state index is 0.270. The third-order valence-electron chi connectivity index (χ3n) is 1.89. The zero-order valence-electron chi connectivity index (χ0n) is 6.92. The third-order valence-corrected chi connectivity index (χ3v) is 2.76. The number of benzene rings is 1. The highest BCUT2D eigenvalue weighted by molar-refractivity contribution is 9.10. The fraction of sp³-hybridized carbons (Fsp3) is 0.333. The van der Waals surface area contributed by atoms with Crippen LogP contribution in [0.2, 0.25) is 0 Å². The lowest BCUT2D eigenvalue weighted by atomic mass is 10.0. The Balaban J connectivity index is 3.07. The molecule has 2 nitrogen and oxygen atoms in total. The molecule has 1 rings (SSSR count). The first-order valence-corrected chi connectivity index (χ1v) is 4.63. The summed E-state index contributed by atoms with van der Waals surface area (Å²) in [6, 6.07) is 5.43. The molecule has 0 aliphatic heterocycles. The van der Waals surface area contributed by atoms with Gasteiger partial charge in [0.15, 0.2) is 0 Å².